The lowest BCUT2D eigenvalue weighted by atomic mass is 9.82. The highest BCUT2D eigenvalue weighted by Crippen LogP contribution is 2.42. The molecule has 2 N–H and O–H groups in total. The number of aryl methyl sites for hydroxylation is 1. The van der Waals surface area contributed by atoms with Gasteiger partial charge in [0.1, 0.15) is 11.6 Å². The van der Waals surface area contributed by atoms with Gasteiger partial charge in [-0.25, -0.2) is 4.39 Å². The fraction of sp³-hybridized carbons (Fsp3) is 0.550. The number of aliphatic hydroxyl groups is 1. The molecule has 0 unspecified atom stereocenters. The van der Waals surface area contributed by atoms with Gasteiger partial charge in [0, 0.05) is 42.9 Å². The summed E-state index contributed by atoms with van der Waals surface area (Å²) in [4.78, 5) is 21.7. The van der Waals surface area contributed by atoms with Crippen molar-refractivity contribution in [2.75, 3.05) is 50.8 Å². The highest BCUT2D eigenvalue weighted by Gasteiger charge is 2.31. The van der Waals surface area contributed by atoms with E-state index in [1.165, 1.54) is 12.1 Å². The number of nitrogens with zero attached hydrogens (tertiary/aromatic N) is 3. The predicted molar refractivity (Wildman–Crippen MR) is 196 cm³/mol. The number of piperidine rings is 1. The number of aromatic nitrogens is 1. The van der Waals surface area contributed by atoms with Gasteiger partial charge in [-0.2, -0.15) is 0 Å². The molecular weight excluding hydrogens is 621 g/mol. The van der Waals surface area contributed by atoms with Crippen LogP contribution in [0.4, 0.5) is 10.1 Å². The Balaban J connectivity index is 0.00000121. The summed E-state index contributed by atoms with van der Waals surface area (Å²) >= 11 is 0. The molecule has 1 aliphatic heterocycles. The molecule has 1 aromatic heterocycles. The minimum Gasteiger partial charge on any atom is -0.493 e. The van der Waals surface area contributed by atoms with Crippen LogP contribution in [0.1, 0.15) is 83.8 Å². The third kappa shape index (κ3) is 13.4. The number of carbonyl (C=O) groups is 1. The zero-order valence-corrected chi connectivity index (χ0v) is 30.9. The molecule has 0 bridgehead atoms. The van der Waals surface area contributed by atoms with Crippen molar-refractivity contribution in [1.82, 2.24) is 9.88 Å². The molecule has 0 amide bonds. The average molecular weight is 680 g/mol. The van der Waals surface area contributed by atoms with Gasteiger partial charge < -0.3 is 29.5 Å². The van der Waals surface area contributed by atoms with Crippen LogP contribution >= 0.6 is 0 Å². The van der Waals surface area contributed by atoms with E-state index in [1.807, 2.05) is 31.2 Å². The molecule has 1 saturated heterocycles. The van der Waals surface area contributed by atoms with Gasteiger partial charge in [-0.1, -0.05) is 52.0 Å². The van der Waals surface area contributed by atoms with E-state index >= 15 is 0 Å². The van der Waals surface area contributed by atoms with Crippen molar-refractivity contribution in [3.63, 3.8) is 0 Å². The summed E-state index contributed by atoms with van der Waals surface area (Å²) in [5, 5.41) is 18.4. The maximum Gasteiger partial charge on any atom is 0.307 e. The first-order valence-corrected chi connectivity index (χ1v) is 17.6. The first-order valence-electron chi connectivity index (χ1n) is 17.6. The number of halogens is 1. The Morgan fingerprint density at radius 3 is 2.14 bits per heavy atom. The third-order valence-electron chi connectivity index (χ3n) is 8.71. The van der Waals surface area contributed by atoms with Crippen LogP contribution in [0.15, 0.2) is 48.5 Å². The second-order valence-corrected chi connectivity index (χ2v) is 14.6. The summed E-state index contributed by atoms with van der Waals surface area (Å²) < 4.78 is 25.5. The number of likely N-dealkylation sites (N-methyl/N-ethyl adjacent to an activating group) is 1. The van der Waals surface area contributed by atoms with E-state index in [2.05, 4.69) is 37.5 Å². The standard InChI is InChI=1S/C36H48FN3O4.C4H10O/c1-6-39(7-2)21-23-43-25-32-34(28-10-14-30(15-11-28)44-22-16-27-8-12-29(37)13-9-27)35(31(24-33(41)42)26(3)38-32)40-19-17-36(4,5)18-20-40;1-4(2,3)5/h8-15H,6-7,16-25H2,1-5H3,(H,41,42);5H,1-3H3. The number of anilines is 1. The molecule has 2 aromatic carbocycles. The molecule has 0 atom stereocenters. The molecule has 9 heteroatoms. The van der Waals surface area contributed by atoms with Crippen molar-refractivity contribution in [3.8, 4) is 16.9 Å². The number of benzene rings is 2. The molecule has 4 rings (SSSR count). The molecule has 270 valence electrons. The SMILES string of the molecule is CC(C)(C)O.CCN(CC)CCOCc1nc(C)c(CC(=O)O)c(N2CCC(C)(C)CC2)c1-c1ccc(OCCc2ccc(F)cc2)cc1. The first-order chi connectivity index (χ1) is 23.1. The van der Waals surface area contributed by atoms with E-state index < -0.39 is 11.6 Å². The van der Waals surface area contributed by atoms with Gasteiger partial charge in [0.2, 0.25) is 0 Å². The number of pyridine rings is 1. The second kappa shape index (κ2) is 18.5. The van der Waals surface area contributed by atoms with Gasteiger partial charge >= 0.3 is 5.97 Å². The van der Waals surface area contributed by atoms with Crippen LogP contribution in [0.5, 0.6) is 5.75 Å². The Labute approximate surface area is 293 Å². The van der Waals surface area contributed by atoms with Crippen LogP contribution in [0.2, 0.25) is 0 Å². The van der Waals surface area contributed by atoms with E-state index in [9.17, 15) is 14.3 Å². The zero-order chi connectivity index (χ0) is 36.2. The molecule has 0 saturated carbocycles. The van der Waals surface area contributed by atoms with E-state index in [0.29, 0.717) is 26.2 Å². The van der Waals surface area contributed by atoms with Crippen molar-refractivity contribution >= 4 is 11.7 Å². The Morgan fingerprint density at radius 2 is 1.59 bits per heavy atom. The molecule has 49 heavy (non-hydrogen) atoms. The Kier molecular flexibility index (Phi) is 15.0. The fourth-order valence-electron chi connectivity index (χ4n) is 5.80. The Hall–Kier alpha value is -3.53. The van der Waals surface area contributed by atoms with Gasteiger partial charge in [0.05, 0.1) is 43.2 Å². The van der Waals surface area contributed by atoms with Crippen LogP contribution < -0.4 is 9.64 Å². The zero-order valence-electron chi connectivity index (χ0n) is 30.9. The average Bonchev–Trinajstić information content (AvgIpc) is 3.03. The van der Waals surface area contributed by atoms with Gasteiger partial charge in [-0.15, -0.1) is 0 Å². The normalized spacial score (nSPS) is 14.4. The highest BCUT2D eigenvalue weighted by molar-refractivity contribution is 5.86. The second-order valence-electron chi connectivity index (χ2n) is 14.6. The maximum absolute atomic E-state index is 13.2. The fourth-order valence-corrected chi connectivity index (χ4v) is 5.80. The molecule has 8 nitrogen and oxygen atoms in total. The van der Waals surface area contributed by atoms with Crippen LogP contribution in [0, 0.1) is 18.2 Å². The topological polar surface area (TPSA) is 95.4 Å². The minimum absolute atomic E-state index is 0.0886. The van der Waals surface area contributed by atoms with Gasteiger partial charge in [0.15, 0.2) is 0 Å². The number of hydrogen-bond acceptors (Lipinski definition) is 7. The molecular formula is C40H58FN3O5. The van der Waals surface area contributed by atoms with Crippen LogP contribution in [-0.4, -0.2) is 77.6 Å². The predicted octanol–water partition coefficient (Wildman–Crippen LogP) is 7.71. The number of ether oxygens (including phenoxy) is 2. The van der Waals surface area contributed by atoms with Crippen molar-refractivity contribution < 1.29 is 28.9 Å². The van der Waals surface area contributed by atoms with E-state index in [1.54, 1.807) is 32.9 Å². The third-order valence-corrected chi connectivity index (χ3v) is 8.71. The van der Waals surface area contributed by atoms with Gasteiger partial charge in [0.25, 0.3) is 0 Å². The molecule has 0 radical (unpaired) electrons. The number of aliphatic carboxylic acids is 1. The van der Waals surface area contributed by atoms with Crippen molar-refractivity contribution in [2.24, 2.45) is 5.41 Å². The molecule has 3 aromatic rings. The quantitative estimate of drug-likeness (QED) is 0.158. The van der Waals surface area contributed by atoms with Crippen LogP contribution in [0.3, 0.4) is 0 Å². The largest absolute Gasteiger partial charge is 0.493 e. The summed E-state index contributed by atoms with van der Waals surface area (Å²) in [6.45, 7) is 21.9. The smallest absolute Gasteiger partial charge is 0.307 e. The Bertz CT molecular complexity index is 1450. The molecule has 0 spiro atoms. The molecule has 1 fully saturated rings. The van der Waals surface area contributed by atoms with E-state index in [0.717, 1.165) is 90.6 Å². The number of hydrogen-bond donors (Lipinski definition) is 2. The minimum atomic E-state index is -0.868. The summed E-state index contributed by atoms with van der Waals surface area (Å²) in [6.07, 6.45) is 2.63. The number of carboxylic acid groups (broad SMARTS) is 1. The molecule has 1 aliphatic rings. The summed E-state index contributed by atoms with van der Waals surface area (Å²) in [6, 6.07) is 14.4. The van der Waals surface area contributed by atoms with Crippen molar-refractivity contribution in [2.45, 2.75) is 93.3 Å². The monoisotopic (exact) mass is 679 g/mol. The number of rotatable bonds is 15. The number of carboxylic acids is 1. The van der Waals surface area contributed by atoms with Crippen molar-refractivity contribution in [3.05, 3.63) is 76.9 Å². The summed E-state index contributed by atoms with van der Waals surface area (Å²) in [5.74, 6) is -0.379. The maximum atomic E-state index is 13.2. The lowest BCUT2D eigenvalue weighted by molar-refractivity contribution is -0.136. The van der Waals surface area contributed by atoms with Crippen LogP contribution in [0.25, 0.3) is 11.1 Å². The van der Waals surface area contributed by atoms with Gasteiger partial charge in [-0.3, -0.25) is 9.78 Å². The van der Waals surface area contributed by atoms with Gasteiger partial charge in [-0.05, 0) is 94.4 Å². The molecule has 2 heterocycles. The van der Waals surface area contributed by atoms with E-state index in [-0.39, 0.29) is 17.7 Å². The first kappa shape index (κ1) is 39.9. The molecule has 0 aliphatic carbocycles. The lowest BCUT2D eigenvalue weighted by Crippen LogP contribution is -2.38. The summed E-state index contributed by atoms with van der Waals surface area (Å²) in [5.41, 5.74) is 5.93. The summed E-state index contributed by atoms with van der Waals surface area (Å²) in [7, 11) is 0. The van der Waals surface area contributed by atoms with Crippen LogP contribution in [-0.2, 0) is 29.0 Å². The van der Waals surface area contributed by atoms with Crippen molar-refractivity contribution in [1.29, 1.82) is 0 Å². The highest BCUT2D eigenvalue weighted by atomic mass is 19.1. The van der Waals surface area contributed by atoms with E-state index in [4.69, 9.17) is 19.6 Å². The Morgan fingerprint density at radius 1 is 1.00 bits per heavy atom. The lowest BCUT2D eigenvalue weighted by Gasteiger charge is -2.40.